The maximum absolute atomic E-state index is 13.0. The van der Waals surface area contributed by atoms with E-state index in [1.54, 1.807) is 41.3 Å². The van der Waals surface area contributed by atoms with Gasteiger partial charge >= 0.3 is 0 Å². The van der Waals surface area contributed by atoms with Crippen molar-refractivity contribution >= 4 is 32.8 Å². The first kappa shape index (κ1) is 17.2. The molecule has 0 aromatic heterocycles. The van der Waals surface area contributed by atoms with Gasteiger partial charge in [-0.15, -0.1) is 0 Å². The van der Waals surface area contributed by atoms with Crippen molar-refractivity contribution in [3.8, 4) is 0 Å². The summed E-state index contributed by atoms with van der Waals surface area (Å²) in [6.07, 6.45) is 0. The van der Waals surface area contributed by atoms with Gasteiger partial charge in [-0.05, 0) is 48.5 Å². The molecule has 0 radical (unpaired) electrons. The first-order chi connectivity index (χ1) is 13.0. The second-order valence-electron chi connectivity index (χ2n) is 6.08. The minimum atomic E-state index is -3.65. The summed E-state index contributed by atoms with van der Waals surface area (Å²) in [4.78, 5) is 14.6. The lowest BCUT2D eigenvalue weighted by Crippen LogP contribution is -2.33. The van der Waals surface area contributed by atoms with Gasteiger partial charge in [0.25, 0.3) is 0 Å². The van der Waals surface area contributed by atoms with Crippen LogP contribution in [-0.2, 0) is 14.6 Å². The molecule has 0 fully saturated rings. The van der Waals surface area contributed by atoms with E-state index in [1.807, 2.05) is 0 Å². The summed E-state index contributed by atoms with van der Waals surface area (Å²) < 4.78 is 38.8. The van der Waals surface area contributed by atoms with Crippen LogP contribution in [0.25, 0.3) is 0 Å². The third-order valence-corrected chi connectivity index (χ3v) is 6.17. The molecule has 0 atom stereocenters. The Labute approximate surface area is 156 Å². The lowest BCUT2D eigenvalue weighted by Gasteiger charge is -2.32. The van der Waals surface area contributed by atoms with Gasteiger partial charge in [0.05, 0.1) is 21.2 Å². The molecule has 0 saturated heterocycles. The number of halogens is 1. The van der Waals surface area contributed by atoms with E-state index in [4.69, 9.17) is 0 Å². The van der Waals surface area contributed by atoms with Gasteiger partial charge in [0.2, 0.25) is 15.7 Å². The van der Waals surface area contributed by atoms with Crippen LogP contribution in [0.4, 0.5) is 21.5 Å². The number of hydrogen-bond acceptors (Lipinski definition) is 4. The van der Waals surface area contributed by atoms with E-state index in [9.17, 15) is 17.6 Å². The quantitative estimate of drug-likeness (QED) is 0.749. The first-order valence-corrected chi connectivity index (χ1v) is 9.71. The van der Waals surface area contributed by atoms with Crippen molar-refractivity contribution in [2.45, 2.75) is 9.79 Å². The summed E-state index contributed by atoms with van der Waals surface area (Å²) in [5, 5.41) is 2.70. The van der Waals surface area contributed by atoms with Gasteiger partial charge in [0.1, 0.15) is 12.4 Å². The SMILES string of the molecule is O=C(CN1c2ccccc2S(=O)(=O)c2ccccc21)Nc1ccc(F)cc1. The molecule has 0 aliphatic carbocycles. The number of fused-ring (bicyclic) bond motifs is 2. The molecule has 0 bridgehead atoms. The fraction of sp³-hybridized carbons (Fsp3) is 0.0500. The fourth-order valence-electron chi connectivity index (χ4n) is 3.11. The van der Waals surface area contributed by atoms with Gasteiger partial charge in [0.15, 0.2) is 0 Å². The molecule has 1 aliphatic heterocycles. The fourth-order valence-corrected chi connectivity index (χ4v) is 4.77. The third kappa shape index (κ3) is 3.06. The second kappa shape index (κ2) is 6.51. The number of amides is 1. The molecular formula is C20H15FN2O3S. The Hall–Kier alpha value is -3.19. The summed E-state index contributed by atoms with van der Waals surface area (Å²) in [7, 11) is -3.65. The highest BCUT2D eigenvalue weighted by Gasteiger charge is 2.34. The maximum Gasteiger partial charge on any atom is 0.244 e. The Bertz CT molecular complexity index is 1070. The predicted molar refractivity (Wildman–Crippen MR) is 100 cm³/mol. The van der Waals surface area contributed by atoms with Crippen LogP contribution in [0.3, 0.4) is 0 Å². The van der Waals surface area contributed by atoms with Crippen LogP contribution in [0.1, 0.15) is 0 Å². The average Bonchev–Trinajstić information content (AvgIpc) is 2.67. The van der Waals surface area contributed by atoms with Crippen LogP contribution in [-0.4, -0.2) is 20.9 Å². The highest BCUT2D eigenvalue weighted by atomic mass is 32.2. The van der Waals surface area contributed by atoms with E-state index in [0.717, 1.165) is 0 Å². The number of sulfone groups is 1. The summed E-state index contributed by atoms with van der Waals surface area (Å²) in [5.74, 6) is -0.734. The number of anilines is 3. The van der Waals surface area contributed by atoms with Crippen molar-refractivity contribution in [2.24, 2.45) is 0 Å². The molecule has 0 spiro atoms. The third-order valence-electron chi connectivity index (χ3n) is 4.32. The van der Waals surface area contributed by atoms with Crippen LogP contribution in [0, 0.1) is 5.82 Å². The molecule has 0 saturated carbocycles. The highest BCUT2D eigenvalue weighted by Crippen LogP contribution is 2.43. The number of nitrogens with one attached hydrogen (secondary N) is 1. The molecule has 1 N–H and O–H groups in total. The number of rotatable bonds is 3. The first-order valence-electron chi connectivity index (χ1n) is 8.23. The number of carbonyl (C=O) groups excluding carboxylic acids is 1. The Kier molecular flexibility index (Phi) is 4.16. The van der Waals surface area contributed by atoms with Gasteiger partial charge in [-0.25, -0.2) is 12.8 Å². The second-order valence-corrected chi connectivity index (χ2v) is 7.97. The zero-order valence-electron chi connectivity index (χ0n) is 14.1. The van der Waals surface area contributed by atoms with Crippen LogP contribution in [0.15, 0.2) is 82.6 Å². The van der Waals surface area contributed by atoms with Gasteiger partial charge in [-0.2, -0.15) is 0 Å². The number of nitrogens with zero attached hydrogens (tertiary/aromatic N) is 1. The molecular weight excluding hydrogens is 367 g/mol. The molecule has 5 nitrogen and oxygen atoms in total. The van der Waals surface area contributed by atoms with E-state index in [1.165, 1.54) is 36.4 Å². The summed E-state index contributed by atoms with van der Waals surface area (Å²) >= 11 is 0. The number of benzene rings is 3. The Balaban J connectivity index is 1.71. The normalized spacial score (nSPS) is 14.2. The van der Waals surface area contributed by atoms with Crippen LogP contribution in [0.5, 0.6) is 0 Å². The standard InChI is InChI=1S/C20H15FN2O3S/c21-14-9-11-15(12-10-14)22-20(24)13-23-16-5-1-3-7-18(16)27(25,26)19-8-4-2-6-17(19)23/h1-12H,13H2,(H,22,24). The monoisotopic (exact) mass is 382 g/mol. The van der Waals surface area contributed by atoms with Gasteiger partial charge in [-0.1, -0.05) is 24.3 Å². The maximum atomic E-state index is 13.0. The minimum absolute atomic E-state index is 0.0824. The summed E-state index contributed by atoms with van der Waals surface area (Å²) in [6, 6.07) is 18.6. The molecule has 3 aromatic rings. The minimum Gasteiger partial charge on any atom is -0.330 e. The van der Waals surface area contributed by atoms with Crippen LogP contribution < -0.4 is 10.2 Å². The number of para-hydroxylation sites is 2. The van der Waals surface area contributed by atoms with E-state index in [0.29, 0.717) is 17.1 Å². The molecule has 7 heteroatoms. The molecule has 27 heavy (non-hydrogen) atoms. The van der Waals surface area contributed by atoms with Crippen molar-refractivity contribution in [3.05, 3.63) is 78.6 Å². The lowest BCUT2D eigenvalue weighted by atomic mass is 10.2. The lowest BCUT2D eigenvalue weighted by molar-refractivity contribution is -0.114. The zero-order chi connectivity index (χ0) is 19.0. The Morgan fingerprint density at radius 1 is 0.852 bits per heavy atom. The Morgan fingerprint density at radius 3 is 1.93 bits per heavy atom. The number of hydrogen-bond donors (Lipinski definition) is 1. The average molecular weight is 382 g/mol. The van der Waals surface area contributed by atoms with E-state index in [-0.39, 0.29) is 22.2 Å². The molecule has 1 amide bonds. The van der Waals surface area contributed by atoms with Crippen molar-refractivity contribution in [3.63, 3.8) is 0 Å². The van der Waals surface area contributed by atoms with Crippen molar-refractivity contribution in [2.75, 3.05) is 16.8 Å². The van der Waals surface area contributed by atoms with Gasteiger partial charge < -0.3 is 10.2 Å². The molecule has 4 rings (SSSR count). The van der Waals surface area contributed by atoms with E-state index >= 15 is 0 Å². The van der Waals surface area contributed by atoms with E-state index < -0.39 is 15.7 Å². The van der Waals surface area contributed by atoms with Crippen molar-refractivity contribution in [1.82, 2.24) is 0 Å². The van der Waals surface area contributed by atoms with Crippen LogP contribution >= 0.6 is 0 Å². The van der Waals surface area contributed by atoms with Crippen molar-refractivity contribution in [1.29, 1.82) is 0 Å². The van der Waals surface area contributed by atoms with Gasteiger partial charge in [0, 0.05) is 5.69 Å². The van der Waals surface area contributed by atoms with Gasteiger partial charge in [-0.3, -0.25) is 4.79 Å². The van der Waals surface area contributed by atoms with Crippen molar-refractivity contribution < 1.29 is 17.6 Å². The topological polar surface area (TPSA) is 66.5 Å². The largest absolute Gasteiger partial charge is 0.330 e. The highest BCUT2D eigenvalue weighted by molar-refractivity contribution is 7.92. The van der Waals surface area contributed by atoms with E-state index in [2.05, 4.69) is 5.32 Å². The predicted octanol–water partition coefficient (Wildman–Crippen LogP) is 3.75. The molecule has 0 unspecified atom stereocenters. The smallest absolute Gasteiger partial charge is 0.244 e. The molecule has 1 aliphatic rings. The molecule has 1 heterocycles. The summed E-state index contributed by atoms with van der Waals surface area (Å²) in [5.41, 5.74) is 1.36. The van der Waals surface area contributed by atoms with Crippen LogP contribution in [0.2, 0.25) is 0 Å². The summed E-state index contributed by atoms with van der Waals surface area (Å²) in [6.45, 7) is -0.0824. The Morgan fingerprint density at radius 2 is 1.37 bits per heavy atom. The molecule has 3 aromatic carbocycles. The zero-order valence-corrected chi connectivity index (χ0v) is 14.9. The number of carbonyl (C=O) groups is 1. The molecule has 136 valence electrons.